The van der Waals surface area contributed by atoms with Crippen LogP contribution >= 0.6 is 0 Å². The Balaban J connectivity index is 1.50. The third kappa shape index (κ3) is 3.36. The molecule has 0 saturated carbocycles. The third-order valence-corrected chi connectivity index (χ3v) is 6.18. The van der Waals surface area contributed by atoms with E-state index in [1.54, 1.807) is 16.7 Å². The Hall–Kier alpha value is -2.51. The lowest BCUT2D eigenvalue weighted by Crippen LogP contribution is -2.38. The van der Waals surface area contributed by atoms with Crippen molar-refractivity contribution in [1.82, 2.24) is 24.7 Å². The van der Waals surface area contributed by atoms with E-state index in [1.807, 2.05) is 18.0 Å². The van der Waals surface area contributed by atoms with Gasteiger partial charge < -0.3 is 14.7 Å². The number of fused-ring (bicyclic) bond motifs is 1. The van der Waals surface area contributed by atoms with Crippen molar-refractivity contribution < 1.29 is 14.4 Å². The normalized spacial score (nSPS) is 24.6. The van der Waals surface area contributed by atoms with Crippen molar-refractivity contribution in [2.75, 3.05) is 26.2 Å². The van der Waals surface area contributed by atoms with Crippen LogP contribution in [-0.2, 0) is 27.3 Å². The number of hydrogen-bond donors (Lipinski definition) is 0. The highest BCUT2D eigenvalue weighted by Gasteiger charge is 2.40. The lowest BCUT2D eigenvalue weighted by atomic mass is 10.0. The molecule has 0 bridgehead atoms. The molecule has 0 N–H and O–H groups in total. The SMILES string of the molecule is CCN1C[C@@H](C(=O)N2CCC[C@H]2c2ncc3c(n2)CCN(C(C)=O)C3)CC1=O. The largest absolute Gasteiger partial charge is 0.342 e. The van der Waals surface area contributed by atoms with Gasteiger partial charge in [0.1, 0.15) is 0 Å². The second-order valence-corrected chi connectivity index (χ2v) is 7.91. The van der Waals surface area contributed by atoms with Crippen molar-refractivity contribution in [2.45, 2.75) is 52.1 Å². The molecule has 0 radical (unpaired) electrons. The number of carbonyl (C=O) groups is 3. The maximum Gasteiger partial charge on any atom is 0.228 e. The van der Waals surface area contributed by atoms with E-state index in [1.165, 1.54) is 0 Å². The van der Waals surface area contributed by atoms with Crippen molar-refractivity contribution in [2.24, 2.45) is 5.92 Å². The molecule has 28 heavy (non-hydrogen) atoms. The van der Waals surface area contributed by atoms with Gasteiger partial charge in [-0.25, -0.2) is 9.97 Å². The summed E-state index contributed by atoms with van der Waals surface area (Å²) in [4.78, 5) is 51.5. The van der Waals surface area contributed by atoms with Crippen LogP contribution in [0.2, 0.25) is 0 Å². The Labute approximate surface area is 164 Å². The van der Waals surface area contributed by atoms with E-state index in [-0.39, 0.29) is 29.7 Å². The van der Waals surface area contributed by atoms with E-state index in [0.29, 0.717) is 51.4 Å². The first-order chi connectivity index (χ1) is 13.5. The summed E-state index contributed by atoms with van der Waals surface area (Å²) < 4.78 is 0. The monoisotopic (exact) mass is 385 g/mol. The molecule has 2 fully saturated rings. The summed E-state index contributed by atoms with van der Waals surface area (Å²) in [7, 11) is 0. The quantitative estimate of drug-likeness (QED) is 0.772. The van der Waals surface area contributed by atoms with Crippen LogP contribution in [0, 0.1) is 5.92 Å². The average Bonchev–Trinajstić information content (AvgIpc) is 3.33. The van der Waals surface area contributed by atoms with E-state index < -0.39 is 0 Å². The number of likely N-dealkylation sites (tertiary alicyclic amines) is 2. The van der Waals surface area contributed by atoms with Crippen LogP contribution in [0.1, 0.15) is 56.2 Å². The minimum Gasteiger partial charge on any atom is -0.342 e. The lowest BCUT2D eigenvalue weighted by molar-refractivity contribution is -0.137. The van der Waals surface area contributed by atoms with Crippen LogP contribution in [-0.4, -0.2) is 68.6 Å². The van der Waals surface area contributed by atoms with Crippen LogP contribution in [0.3, 0.4) is 0 Å². The highest BCUT2D eigenvalue weighted by atomic mass is 16.2. The van der Waals surface area contributed by atoms with E-state index in [2.05, 4.69) is 4.98 Å². The summed E-state index contributed by atoms with van der Waals surface area (Å²) in [5.74, 6) is 0.620. The van der Waals surface area contributed by atoms with E-state index in [4.69, 9.17) is 4.98 Å². The third-order valence-electron chi connectivity index (χ3n) is 6.18. The molecule has 0 spiro atoms. The Morgan fingerprint density at radius 3 is 2.82 bits per heavy atom. The van der Waals surface area contributed by atoms with Gasteiger partial charge in [0, 0.05) is 64.2 Å². The zero-order valence-electron chi connectivity index (χ0n) is 16.6. The molecule has 3 aliphatic heterocycles. The topological polar surface area (TPSA) is 86.7 Å². The fourth-order valence-corrected chi connectivity index (χ4v) is 4.54. The van der Waals surface area contributed by atoms with Crippen LogP contribution in [0.5, 0.6) is 0 Å². The number of carbonyl (C=O) groups excluding carboxylic acids is 3. The van der Waals surface area contributed by atoms with Gasteiger partial charge >= 0.3 is 0 Å². The molecule has 4 heterocycles. The summed E-state index contributed by atoms with van der Waals surface area (Å²) in [5.41, 5.74) is 1.97. The first kappa shape index (κ1) is 18.8. The highest BCUT2D eigenvalue weighted by Crippen LogP contribution is 2.33. The minimum atomic E-state index is -0.255. The molecule has 3 amide bonds. The smallest absolute Gasteiger partial charge is 0.228 e. The zero-order chi connectivity index (χ0) is 19.8. The molecule has 0 unspecified atom stereocenters. The molecule has 2 saturated heterocycles. The van der Waals surface area contributed by atoms with Gasteiger partial charge in [-0.15, -0.1) is 0 Å². The molecule has 4 rings (SSSR count). The van der Waals surface area contributed by atoms with E-state index >= 15 is 0 Å². The van der Waals surface area contributed by atoms with Gasteiger partial charge in [0.2, 0.25) is 17.7 Å². The molecule has 1 aromatic rings. The van der Waals surface area contributed by atoms with Crippen LogP contribution in [0.4, 0.5) is 0 Å². The molecule has 8 heteroatoms. The van der Waals surface area contributed by atoms with Crippen LogP contribution in [0.25, 0.3) is 0 Å². The van der Waals surface area contributed by atoms with Crippen LogP contribution < -0.4 is 0 Å². The van der Waals surface area contributed by atoms with Gasteiger partial charge in [-0.2, -0.15) is 0 Å². The molecule has 0 aromatic carbocycles. The molecule has 150 valence electrons. The number of amides is 3. The van der Waals surface area contributed by atoms with Crippen molar-refractivity contribution >= 4 is 17.7 Å². The number of nitrogens with zero attached hydrogens (tertiary/aromatic N) is 5. The molecule has 8 nitrogen and oxygen atoms in total. The van der Waals surface area contributed by atoms with Crippen molar-refractivity contribution in [3.8, 4) is 0 Å². The highest BCUT2D eigenvalue weighted by molar-refractivity contribution is 5.89. The minimum absolute atomic E-state index is 0.0517. The summed E-state index contributed by atoms with van der Waals surface area (Å²) in [6, 6.07) is -0.116. The zero-order valence-corrected chi connectivity index (χ0v) is 16.6. The summed E-state index contributed by atoms with van der Waals surface area (Å²) in [6.07, 6.45) is 4.61. The predicted octanol–water partition coefficient (Wildman–Crippen LogP) is 0.913. The second kappa shape index (κ2) is 7.48. The first-order valence-corrected chi connectivity index (χ1v) is 10.2. The van der Waals surface area contributed by atoms with E-state index in [0.717, 1.165) is 24.1 Å². The molecule has 3 aliphatic rings. The Morgan fingerprint density at radius 2 is 2.11 bits per heavy atom. The molecule has 0 aliphatic carbocycles. The maximum absolute atomic E-state index is 13.1. The van der Waals surface area contributed by atoms with Crippen molar-refractivity contribution in [1.29, 1.82) is 0 Å². The summed E-state index contributed by atoms with van der Waals surface area (Å²) in [6.45, 7) is 6.60. The fourth-order valence-electron chi connectivity index (χ4n) is 4.54. The van der Waals surface area contributed by atoms with E-state index in [9.17, 15) is 14.4 Å². The first-order valence-electron chi connectivity index (χ1n) is 10.2. The standard InChI is InChI=1S/C20H27N5O3/c1-3-23-11-14(9-18(23)27)20(28)25-7-4-5-17(25)19-21-10-15-12-24(13(2)26)8-6-16(15)22-19/h10,14,17H,3-9,11-12H2,1-2H3/t14-,17-/m0/s1. The van der Waals surface area contributed by atoms with Gasteiger partial charge in [-0.05, 0) is 19.8 Å². The van der Waals surface area contributed by atoms with Gasteiger partial charge in [-0.1, -0.05) is 0 Å². The van der Waals surface area contributed by atoms with Crippen molar-refractivity contribution in [3.63, 3.8) is 0 Å². The second-order valence-electron chi connectivity index (χ2n) is 7.91. The maximum atomic E-state index is 13.1. The predicted molar refractivity (Wildman–Crippen MR) is 101 cm³/mol. The number of rotatable bonds is 3. The Bertz CT molecular complexity index is 811. The average molecular weight is 385 g/mol. The molecule has 2 atom stereocenters. The van der Waals surface area contributed by atoms with Gasteiger partial charge in [0.15, 0.2) is 5.82 Å². The summed E-state index contributed by atoms with van der Waals surface area (Å²) in [5, 5.41) is 0. The van der Waals surface area contributed by atoms with Gasteiger partial charge in [0.05, 0.1) is 17.7 Å². The van der Waals surface area contributed by atoms with Crippen molar-refractivity contribution in [3.05, 3.63) is 23.3 Å². The van der Waals surface area contributed by atoms with Gasteiger partial charge in [0.25, 0.3) is 0 Å². The lowest BCUT2D eigenvalue weighted by Gasteiger charge is -2.29. The van der Waals surface area contributed by atoms with Gasteiger partial charge in [-0.3, -0.25) is 14.4 Å². The fraction of sp³-hybridized carbons (Fsp3) is 0.650. The summed E-state index contributed by atoms with van der Waals surface area (Å²) >= 11 is 0. The van der Waals surface area contributed by atoms with Crippen LogP contribution in [0.15, 0.2) is 6.20 Å². The number of aromatic nitrogens is 2. The molecular weight excluding hydrogens is 358 g/mol. The Kier molecular flexibility index (Phi) is 5.03. The molecular formula is C20H27N5O3. The Morgan fingerprint density at radius 1 is 1.29 bits per heavy atom. The number of hydrogen-bond acceptors (Lipinski definition) is 5. The molecule has 1 aromatic heterocycles.